The first-order valence-corrected chi connectivity index (χ1v) is 27.7. The van der Waals surface area contributed by atoms with E-state index in [1.165, 1.54) is 0 Å². The second kappa shape index (κ2) is 20.8. The van der Waals surface area contributed by atoms with Crippen LogP contribution in [0.1, 0.15) is 22.5 Å². The van der Waals surface area contributed by atoms with Gasteiger partial charge in [-0.1, -0.05) is 94.9 Å². The first kappa shape index (κ1) is 52.8. The van der Waals surface area contributed by atoms with E-state index in [1.807, 2.05) is 121 Å². The van der Waals surface area contributed by atoms with Crippen LogP contribution >= 0.6 is 46.4 Å². The lowest BCUT2D eigenvalue weighted by Gasteiger charge is -2.17. The number of hydrogen-bond acceptors (Lipinski definition) is 8. The highest BCUT2D eigenvalue weighted by Gasteiger charge is 2.34. The molecule has 16 heteroatoms. The van der Waals surface area contributed by atoms with Gasteiger partial charge in [0.1, 0.15) is 46.0 Å². The van der Waals surface area contributed by atoms with Crippen molar-refractivity contribution < 1.29 is 37.9 Å². The predicted molar refractivity (Wildman–Crippen MR) is 331 cm³/mol. The summed E-state index contributed by atoms with van der Waals surface area (Å²) in [6.45, 7) is 0. The van der Waals surface area contributed by atoms with E-state index < -0.39 is 0 Å². The van der Waals surface area contributed by atoms with Crippen LogP contribution in [0.2, 0.25) is 20.1 Å². The van der Waals surface area contributed by atoms with Crippen molar-refractivity contribution in [2.45, 2.75) is 12.8 Å². The summed E-state index contributed by atoms with van der Waals surface area (Å²) >= 11 is 26.8. The summed E-state index contributed by atoms with van der Waals surface area (Å²) in [5.41, 5.74) is 16.1. The molecule has 13 rings (SSSR count). The van der Waals surface area contributed by atoms with Crippen molar-refractivity contribution in [2.75, 3.05) is 56.9 Å². The Balaban J connectivity index is 1.30. The molecule has 0 fully saturated rings. The Kier molecular flexibility index (Phi) is 13.4. The summed E-state index contributed by atoms with van der Waals surface area (Å²) in [7, 11) is 13.3. The van der Waals surface area contributed by atoms with Crippen LogP contribution in [0.3, 0.4) is 0 Å². The largest absolute Gasteiger partial charge is 0.496 e. The Morgan fingerprint density at radius 3 is 0.841 bits per heavy atom. The third kappa shape index (κ3) is 8.25. The van der Waals surface area contributed by atoms with Gasteiger partial charge >= 0.3 is 0 Å². The minimum Gasteiger partial charge on any atom is -0.496 e. The lowest BCUT2D eigenvalue weighted by Crippen LogP contribution is -2.01. The van der Waals surface area contributed by atoms with E-state index in [1.54, 1.807) is 56.9 Å². The van der Waals surface area contributed by atoms with Crippen LogP contribution in [0.15, 0.2) is 121 Å². The van der Waals surface area contributed by atoms with Crippen LogP contribution in [0.4, 0.5) is 0 Å². The zero-order chi connectivity index (χ0) is 56.8. The molecule has 0 amide bonds. The minimum absolute atomic E-state index is 0.262. The second-order valence-electron chi connectivity index (χ2n) is 19.9. The quantitative estimate of drug-likeness (QED) is 0.0949. The number of halogens is 4. The lowest BCUT2D eigenvalue weighted by molar-refractivity contribution is 0.392. The number of H-pyrrole nitrogens is 4. The summed E-state index contributed by atoms with van der Waals surface area (Å²) < 4.78 is 51.5. The molecule has 412 valence electrons. The van der Waals surface area contributed by atoms with Gasteiger partial charge in [0.15, 0.2) is 0 Å². The Morgan fingerprint density at radius 1 is 0.280 bits per heavy atom. The summed E-state index contributed by atoms with van der Waals surface area (Å²) in [4.78, 5) is 16.1. The number of rotatable bonds is 12. The first-order chi connectivity index (χ1) is 39.9. The standard InChI is InChI=1S/C66H52Cl4N4O8/c1-75-43-27-45(77-3)57-53(33-13-21-37(69)22-14-33)63-59-49(81-7)29-47(79-5)55-51(31-9-17-35(67)18-10-31)41(71-65(55)59)26-42-52(32-11-19-36(68)20-12-32)56-48(80-6)30-50(82-8)60(66(56)72-42)64-54(34-15-23-38(70)24-16-34)58-46(78-4)28-44(76-2)40(62(58)74-64)25-39(43)61(57)73-63/h9-24,27-30,71-74H,25-26H2,1-8H3. The monoisotopic (exact) mass is 1170 g/mol. The molecule has 0 aliphatic carbocycles. The number of hydrogen-bond donors (Lipinski definition) is 4. The molecule has 5 heterocycles. The number of benzene rings is 8. The van der Waals surface area contributed by atoms with E-state index in [0.29, 0.717) is 72.5 Å². The average Bonchev–Trinajstić information content (AvgIpc) is 2.96. The van der Waals surface area contributed by atoms with Crippen molar-refractivity contribution in [3.05, 3.63) is 164 Å². The molecule has 0 unspecified atom stereocenters. The molecule has 82 heavy (non-hydrogen) atoms. The molecule has 12 aromatic rings. The molecule has 0 saturated heterocycles. The molecule has 4 aromatic heterocycles. The molecule has 8 bridgehead atoms. The number of ether oxygens (including phenoxy) is 8. The van der Waals surface area contributed by atoms with Gasteiger partial charge in [-0.2, -0.15) is 0 Å². The number of nitrogens with one attached hydrogen (secondary N) is 4. The maximum Gasteiger partial charge on any atom is 0.134 e. The Bertz CT molecular complexity index is 4240. The van der Waals surface area contributed by atoms with Crippen molar-refractivity contribution in [3.8, 4) is 113 Å². The topological polar surface area (TPSA) is 137 Å². The van der Waals surface area contributed by atoms with Crippen LogP contribution in [0.25, 0.3) is 111 Å². The van der Waals surface area contributed by atoms with Crippen molar-refractivity contribution in [2.24, 2.45) is 0 Å². The summed E-state index contributed by atoms with van der Waals surface area (Å²) in [5.74, 6) is 4.49. The van der Waals surface area contributed by atoms with E-state index in [-0.39, 0.29) is 6.42 Å². The molecule has 0 atom stereocenters. The smallest absolute Gasteiger partial charge is 0.134 e. The molecule has 0 radical (unpaired) electrons. The van der Waals surface area contributed by atoms with Gasteiger partial charge in [-0.3, -0.25) is 0 Å². The van der Waals surface area contributed by atoms with Crippen LogP contribution in [0, 0.1) is 0 Å². The highest BCUT2D eigenvalue weighted by molar-refractivity contribution is 6.32. The highest BCUT2D eigenvalue weighted by atomic mass is 35.5. The number of aromatic nitrogens is 4. The van der Waals surface area contributed by atoms with E-state index >= 15 is 0 Å². The molecule has 0 spiro atoms. The van der Waals surface area contributed by atoms with Crippen molar-refractivity contribution >= 4 is 90.0 Å². The predicted octanol–water partition coefficient (Wildman–Crippen LogP) is 17.8. The van der Waals surface area contributed by atoms with Gasteiger partial charge in [-0.25, -0.2) is 0 Å². The highest BCUT2D eigenvalue weighted by Crippen LogP contribution is 2.57. The van der Waals surface area contributed by atoms with Crippen molar-refractivity contribution in [1.82, 2.24) is 19.9 Å². The third-order valence-corrected chi connectivity index (χ3v) is 16.9. The fourth-order valence-electron chi connectivity index (χ4n) is 12.3. The lowest BCUT2D eigenvalue weighted by atomic mass is 9.91. The fraction of sp³-hybridized carbons (Fsp3) is 0.152. The molecule has 12 nitrogen and oxygen atoms in total. The summed E-state index contributed by atoms with van der Waals surface area (Å²) in [5, 5.41) is 5.54. The van der Waals surface area contributed by atoms with Crippen LogP contribution in [-0.2, 0) is 12.8 Å². The van der Waals surface area contributed by atoms with Crippen molar-refractivity contribution in [3.63, 3.8) is 0 Å². The van der Waals surface area contributed by atoms with E-state index in [9.17, 15) is 0 Å². The molecular formula is C66H52Cl4N4O8. The second-order valence-corrected chi connectivity index (χ2v) is 21.7. The third-order valence-electron chi connectivity index (χ3n) is 15.9. The molecule has 4 N–H and O–H groups in total. The molecule has 1 aliphatic heterocycles. The fourth-order valence-corrected chi connectivity index (χ4v) is 12.8. The zero-order valence-corrected chi connectivity index (χ0v) is 48.8. The minimum atomic E-state index is 0.262. The SMILES string of the molecule is COc1cc(OC)c2c(-c3ccc(Cl)cc3)c3[nH]c2c1Cc1c(OC)cc(OC)c2c(-c4ccc(Cl)cc4)c([nH]c12)-c1c(OC)cc(OC)c2c(-c4ccc(Cl)cc4)c([nH]c12)Cc1[nH]c2c-3c(OC)cc(OC)c2c1-c1ccc(Cl)cc1. The van der Waals surface area contributed by atoms with Crippen molar-refractivity contribution in [1.29, 1.82) is 0 Å². The maximum atomic E-state index is 6.69. The van der Waals surface area contributed by atoms with Gasteiger partial charge < -0.3 is 57.8 Å². The van der Waals surface area contributed by atoms with E-state index in [0.717, 1.165) is 133 Å². The van der Waals surface area contributed by atoms with Gasteiger partial charge in [-0.15, -0.1) is 0 Å². The van der Waals surface area contributed by atoms with Gasteiger partial charge in [-0.05, 0) is 70.8 Å². The molecule has 0 saturated carbocycles. The number of aromatic amines is 4. The van der Waals surface area contributed by atoms with Crippen LogP contribution in [0.5, 0.6) is 46.0 Å². The van der Waals surface area contributed by atoms with Gasteiger partial charge in [0.2, 0.25) is 0 Å². The first-order valence-electron chi connectivity index (χ1n) is 26.2. The molecule has 1 aliphatic rings. The zero-order valence-electron chi connectivity index (χ0n) is 45.7. The Labute approximate surface area is 491 Å². The van der Waals surface area contributed by atoms with Gasteiger partial charge in [0.05, 0.1) is 123 Å². The number of methoxy groups -OCH3 is 8. The van der Waals surface area contributed by atoms with E-state index in [4.69, 9.17) is 84.3 Å². The van der Waals surface area contributed by atoms with Crippen LogP contribution in [-0.4, -0.2) is 76.8 Å². The van der Waals surface area contributed by atoms with Gasteiger partial charge in [0.25, 0.3) is 0 Å². The summed E-state index contributed by atoms with van der Waals surface area (Å²) in [6.07, 6.45) is 0.575. The van der Waals surface area contributed by atoms with Crippen LogP contribution < -0.4 is 37.9 Å². The Morgan fingerprint density at radius 2 is 0.549 bits per heavy atom. The van der Waals surface area contributed by atoms with E-state index in [2.05, 4.69) is 19.9 Å². The Hall–Kier alpha value is -8.52. The maximum absolute atomic E-state index is 6.69. The summed E-state index contributed by atoms with van der Waals surface area (Å²) in [6, 6.07) is 39.1. The molecular weight excluding hydrogens is 1120 g/mol. The van der Waals surface area contributed by atoms with Gasteiger partial charge in [0, 0.05) is 102 Å². The molecule has 8 aromatic carbocycles. The normalized spacial score (nSPS) is 12.0. The average molecular weight is 1170 g/mol. The number of fused-ring (bicyclic) bond motifs is 6.